The molecule has 0 aliphatic carbocycles. The van der Waals surface area contributed by atoms with Gasteiger partial charge in [-0.25, -0.2) is 9.37 Å². The van der Waals surface area contributed by atoms with Gasteiger partial charge in [-0.1, -0.05) is 15.9 Å². The first-order valence-corrected chi connectivity index (χ1v) is 11.0. The predicted octanol–water partition coefficient (Wildman–Crippen LogP) is 4.81. The van der Waals surface area contributed by atoms with E-state index in [0.29, 0.717) is 42.8 Å². The highest BCUT2D eigenvalue weighted by atomic mass is 79.9. The van der Waals surface area contributed by atoms with E-state index in [4.69, 9.17) is 4.74 Å². The average molecular weight is 498 g/mol. The van der Waals surface area contributed by atoms with Gasteiger partial charge in [-0.3, -0.25) is 9.59 Å². The van der Waals surface area contributed by atoms with Gasteiger partial charge >= 0.3 is 0 Å². The normalized spacial score (nSPS) is 14.1. The van der Waals surface area contributed by atoms with Crippen molar-refractivity contribution in [2.75, 3.05) is 13.1 Å². The lowest BCUT2D eigenvalue weighted by atomic mass is 10.0. The largest absolute Gasteiger partial charge is 0.438 e. The van der Waals surface area contributed by atoms with Crippen molar-refractivity contribution in [3.05, 3.63) is 88.3 Å². The molecular formula is C24H21BrFN3O3. The molecular weight excluding hydrogens is 477 g/mol. The number of nitrogens with one attached hydrogen (secondary N) is 1. The van der Waals surface area contributed by atoms with E-state index in [1.54, 1.807) is 35.4 Å². The van der Waals surface area contributed by atoms with Gasteiger partial charge in [0.25, 0.3) is 11.8 Å². The van der Waals surface area contributed by atoms with E-state index in [0.717, 1.165) is 4.47 Å². The monoisotopic (exact) mass is 497 g/mol. The Hall–Kier alpha value is -3.26. The molecule has 1 saturated heterocycles. The third kappa shape index (κ3) is 5.31. The first-order valence-electron chi connectivity index (χ1n) is 10.2. The van der Waals surface area contributed by atoms with E-state index in [2.05, 4.69) is 26.2 Å². The standard InChI is InChI=1S/C24H21BrFN3O3/c25-17-5-9-20(10-6-17)32-23-21(2-1-13-27-23)24(31)29-14-11-19(12-15-29)28-22(30)16-3-7-18(26)8-4-16/h1-10,13,19H,11-12,14-15H2,(H,28,30). The van der Waals surface area contributed by atoms with Crippen LogP contribution in [0.1, 0.15) is 33.6 Å². The van der Waals surface area contributed by atoms with Gasteiger partial charge in [0.15, 0.2) is 0 Å². The van der Waals surface area contributed by atoms with Crippen LogP contribution in [-0.2, 0) is 0 Å². The Kier molecular flexibility index (Phi) is 6.80. The minimum Gasteiger partial charge on any atom is -0.438 e. The number of amides is 2. The molecule has 2 aromatic carbocycles. The Morgan fingerprint density at radius 1 is 1.03 bits per heavy atom. The molecule has 0 spiro atoms. The zero-order valence-corrected chi connectivity index (χ0v) is 18.7. The Morgan fingerprint density at radius 3 is 2.41 bits per heavy atom. The average Bonchev–Trinajstić information content (AvgIpc) is 2.81. The smallest absolute Gasteiger partial charge is 0.259 e. The predicted molar refractivity (Wildman–Crippen MR) is 121 cm³/mol. The van der Waals surface area contributed by atoms with Crippen LogP contribution < -0.4 is 10.1 Å². The molecule has 0 saturated carbocycles. The van der Waals surface area contributed by atoms with Crippen molar-refractivity contribution in [3.8, 4) is 11.6 Å². The number of hydrogen-bond donors (Lipinski definition) is 1. The lowest BCUT2D eigenvalue weighted by Gasteiger charge is -2.32. The number of aromatic nitrogens is 1. The first kappa shape index (κ1) is 22.0. The summed E-state index contributed by atoms with van der Waals surface area (Å²) in [5, 5.41) is 2.96. The summed E-state index contributed by atoms with van der Waals surface area (Å²) in [6, 6.07) is 16.1. The quantitative estimate of drug-likeness (QED) is 0.548. The minimum atomic E-state index is -0.382. The van der Waals surface area contributed by atoms with Crippen molar-refractivity contribution < 1.29 is 18.7 Å². The zero-order valence-electron chi connectivity index (χ0n) is 17.1. The molecule has 1 N–H and O–H groups in total. The van der Waals surface area contributed by atoms with Gasteiger partial charge in [-0.05, 0) is 73.5 Å². The molecule has 0 radical (unpaired) electrons. The maximum Gasteiger partial charge on any atom is 0.259 e. The molecule has 2 amide bonds. The van der Waals surface area contributed by atoms with Crippen LogP contribution in [0.5, 0.6) is 11.6 Å². The Balaban J connectivity index is 1.37. The molecule has 3 aromatic rings. The molecule has 1 fully saturated rings. The lowest BCUT2D eigenvalue weighted by molar-refractivity contribution is 0.0695. The third-order valence-corrected chi connectivity index (χ3v) is 5.78. The maximum atomic E-state index is 13.1. The second-order valence-corrected chi connectivity index (χ2v) is 8.37. The van der Waals surface area contributed by atoms with Crippen molar-refractivity contribution >= 4 is 27.7 Å². The van der Waals surface area contributed by atoms with Gasteiger partial charge in [0.2, 0.25) is 5.88 Å². The van der Waals surface area contributed by atoms with Crippen LogP contribution in [0.4, 0.5) is 4.39 Å². The fraction of sp³-hybridized carbons (Fsp3) is 0.208. The van der Waals surface area contributed by atoms with Gasteiger partial charge < -0.3 is 15.0 Å². The molecule has 6 nitrogen and oxygen atoms in total. The number of rotatable bonds is 5. The number of carbonyl (C=O) groups excluding carboxylic acids is 2. The summed E-state index contributed by atoms with van der Waals surface area (Å²) < 4.78 is 19.8. The molecule has 0 bridgehead atoms. The summed E-state index contributed by atoms with van der Waals surface area (Å²) >= 11 is 3.38. The van der Waals surface area contributed by atoms with Crippen molar-refractivity contribution in [1.82, 2.24) is 15.2 Å². The van der Waals surface area contributed by atoms with Gasteiger partial charge in [-0.15, -0.1) is 0 Å². The van der Waals surface area contributed by atoms with E-state index in [1.165, 1.54) is 24.3 Å². The summed E-state index contributed by atoms with van der Waals surface area (Å²) in [5.41, 5.74) is 0.805. The summed E-state index contributed by atoms with van der Waals surface area (Å²) in [7, 11) is 0. The van der Waals surface area contributed by atoms with Gasteiger partial charge in [0.1, 0.15) is 17.1 Å². The third-order valence-electron chi connectivity index (χ3n) is 5.25. The molecule has 0 atom stereocenters. The van der Waals surface area contributed by atoms with E-state index >= 15 is 0 Å². The molecule has 0 unspecified atom stereocenters. The number of halogens is 2. The summed E-state index contributed by atoms with van der Waals surface area (Å²) in [6.07, 6.45) is 2.84. The minimum absolute atomic E-state index is 0.0519. The molecule has 4 rings (SSSR count). The number of ether oxygens (including phenoxy) is 1. The molecule has 1 aliphatic heterocycles. The van der Waals surface area contributed by atoms with Crippen LogP contribution in [0, 0.1) is 5.82 Å². The van der Waals surface area contributed by atoms with Crippen molar-refractivity contribution in [2.45, 2.75) is 18.9 Å². The zero-order chi connectivity index (χ0) is 22.5. The van der Waals surface area contributed by atoms with Gasteiger partial charge in [0.05, 0.1) is 0 Å². The molecule has 8 heteroatoms. The Bertz CT molecular complexity index is 1100. The SMILES string of the molecule is O=C(NC1CCN(C(=O)c2cccnc2Oc2ccc(Br)cc2)CC1)c1ccc(F)cc1. The van der Waals surface area contributed by atoms with Crippen molar-refractivity contribution in [2.24, 2.45) is 0 Å². The molecule has 164 valence electrons. The topological polar surface area (TPSA) is 71.5 Å². The van der Waals surface area contributed by atoms with Crippen LogP contribution in [0.25, 0.3) is 0 Å². The van der Waals surface area contributed by atoms with Crippen LogP contribution in [-0.4, -0.2) is 40.8 Å². The Labute approximate surface area is 193 Å². The number of pyridine rings is 1. The van der Waals surface area contributed by atoms with Gasteiger partial charge in [-0.2, -0.15) is 0 Å². The van der Waals surface area contributed by atoms with E-state index < -0.39 is 0 Å². The lowest BCUT2D eigenvalue weighted by Crippen LogP contribution is -2.46. The van der Waals surface area contributed by atoms with Crippen LogP contribution in [0.2, 0.25) is 0 Å². The summed E-state index contributed by atoms with van der Waals surface area (Å²) in [6.45, 7) is 1.000. The second-order valence-electron chi connectivity index (χ2n) is 7.46. The summed E-state index contributed by atoms with van der Waals surface area (Å²) in [4.78, 5) is 31.5. The molecule has 1 aliphatic rings. The van der Waals surface area contributed by atoms with Crippen molar-refractivity contribution in [3.63, 3.8) is 0 Å². The number of piperidine rings is 1. The molecule has 32 heavy (non-hydrogen) atoms. The number of nitrogens with zero attached hydrogens (tertiary/aromatic N) is 2. The fourth-order valence-electron chi connectivity index (χ4n) is 3.52. The summed E-state index contributed by atoms with van der Waals surface area (Å²) in [5.74, 6) is 0.0581. The highest BCUT2D eigenvalue weighted by Gasteiger charge is 2.27. The highest BCUT2D eigenvalue weighted by molar-refractivity contribution is 9.10. The number of carbonyl (C=O) groups is 2. The fourth-order valence-corrected chi connectivity index (χ4v) is 3.78. The van der Waals surface area contributed by atoms with E-state index in [-0.39, 0.29) is 29.6 Å². The first-order chi connectivity index (χ1) is 15.5. The number of benzene rings is 2. The van der Waals surface area contributed by atoms with Crippen LogP contribution in [0.3, 0.4) is 0 Å². The van der Waals surface area contributed by atoms with E-state index in [9.17, 15) is 14.0 Å². The van der Waals surface area contributed by atoms with Gasteiger partial charge in [0, 0.05) is 35.4 Å². The van der Waals surface area contributed by atoms with E-state index in [1.807, 2.05) is 12.1 Å². The second kappa shape index (κ2) is 9.91. The maximum absolute atomic E-state index is 13.1. The van der Waals surface area contributed by atoms with Crippen molar-refractivity contribution in [1.29, 1.82) is 0 Å². The number of hydrogen-bond acceptors (Lipinski definition) is 4. The molecule has 1 aromatic heterocycles. The molecule has 2 heterocycles. The number of likely N-dealkylation sites (tertiary alicyclic amines) is 1. The highest BCUT2D eigenvalue weighted by Crippen LogP contribution is 2.26. The van der Waals surface area contributed by atoms with Crippen LogP contribution >= 0.6 is 15.9 Å². The van der Waals surface area contributed by atoms with Crippen LogP contribution in [0.15, 0.2) is 71.3 Å². The Morgan fingerprint density at radius 2 is 1.72 bits per heavy atom.